The van der Waals surface area contributed by atoms with E-state index in [9.17, 15) is 14.4 Å². The van der Waals surface area contributed by atoms with E-state index in [-0.39, 0.29) is 23.8 Å². The summed E-state index contributed by atoms with van der Waals surface area (Å²) in [5.74, 6) is -0.382. The zero-order valence-electron chi connectivity index (χ0n) is 15.8. The molecule has 0 spiro atoms. The fourth-order valence-electron chi connectivity index (χ4n) is 3.23. The number of fused-ring (bicyclic) bond motifs is 1. The van der Waals surface area contributed by atoms with E-state index in [0.717, 1.165) is 32.8 Å². The van der Waals surface area contributed by atoms with Gasteiger partial charge in [0, 0.05) is 38.4 Å². The van der Waals surface area contributed by atoms with E-state index in [4.69, 9.17) is 4.74 Å². The molecule has 0 radical (unpaired) electrons. The van der Waals surface area contributed by atoms with E-state index in [0.29, 0.717) is 29.9 Å². The second-order valence-electron chi connectivity index (χ2n) is 7.21. The molecule has 0 saturated carbocycles. The van der Waals surface area contributed by atoms with Crippen LogP contribution >= 0.6 is 0 Å². The van der Waals surface area contributed by atoms with Crippen LogP contribution in [0.2, 0.25) is 0 Å². The summed E-state index contributed by atoms with van der Waals surface area (Å²) in [5.41, 5.74) is 1.22. The zero-order chi connectivity index (χ0) is 19.4. The normalized spacial score (nSPS) is 17.4. The van der Waals surface area contributed by atoms with Crippen molar-refractivity contribution >= 4 is 23.5 Å². The number of amides is 4. The molecule has 27 heavy (non-hydrogen) atoms. The summed E-state index contributed by atoms with van der Waals surface area (Å²) >= 11 is 0. The van der Waals surface area contributed by atoms with Crippen LogP contribution in [-0.4, -0.2) is 73.6 Å². The summed E-state index contributed by atoms with van der Waals surface area (Å²) in [6.45, 7) is 8.78. The first-order valence-corrected chi connectivity index (χ1v) is 9.31. The van der Waals surface area contributed by atoms with Crippen LogP contribution in [0.25, 0.3) is 0 Å². The van der Waals surface area contributed by atoms with Gasteiger partial charge in [-0.15, -0.1) is 0 Å². The van der Waals surface area contributed by atoms with Crippen molar-refractivity contribution in [3.8, 4) is 0 Å². The van der Waals surface area contributed by atoms with Crippen molar-refractivity contribution in [3.63, 3.8) is 0 Å². The Bertz CT molecular complexity index is 728. The van der Waals surface area contributed by atoms with E-state index in [1.54, 1.807) is 18.2 Å². The molecule has 2 heterocycles. The average Bonchev–Trinajstić information content (AvgIpc) is 2.87. The third-order valence-electron chi connectivity index (χ3n) is 4.59. The summed E-state index contributed by atoms with van der Waals surface area (Å²) in [4.78, 5) is 40.4. The van der Waals surface area contributed by atoms with Crippen molar-refractivity contribution < 1.29 is 19.1 Å². The molecule has 4 amide bonds. The third-order valence-corrected chi connectivity index (χ3v) is 4.59. The highest BCUT2D eigenvalue weighted by Crippen LogP contribution is 2.26. The van der Waals surface area contributed by atoms with Crippen LogP contribution < -0.4 is 10.6 Å². The van der Waals surface area contributed by atoms with Gasteiger partial charge in [-0.1, -0.05) is 13.8 Å². The molecule has 1 fully saturated rings. The number of nitrogens with zero attached hydrogens (tertiary/aromatic N) is 2. The number of rotatable bonds is 6. The first-order chi connectivity index (χ1) is 13.0. The first-order valence-electron chi connectivity index (χ1n) is 9.31. The van der Waals surface area contributed by atoms with Gasteiger partial charge in [0.05, 0.1) is 24.3 Å². The number of hydrogen-bond donors (Lipinski definition) is 2. The first kappa shape index (κ1) is 19.3. The van der Waals surface area contributed by atoms with Gasteiger partial charge in [-0.05, 0) is 24.1 Å². The fourth-order valence-corrected chi connectivity index (χ4v) is 3.23. The lowest BCUT2D eigenvalue weighted by Crippen LogP contribution is -2.42. The number of benzene rings is 1. The standard InChI is InChI=1S/C19H26N4O4/c1-13(2)12-23-17(24)15-4-3-14(11-16(15)18(23)25)21-19(26)20-5-6-22-7-9-27-10-8-22/h3-4,11,13H,5-10,12H2,1-2H3,(H2,20,21,26). The highest BCUT2D eigenvalue weighted by atomic mass is 16.5. The van der Waals surface area contributed by atoms with Crippen LogP contribution in [-0.2, 0) is 4.74 Å². The Morgan fingerprint density at radius 3 is 2.56 bits per heavy atom. The van der Waals surface area contributed by atoms with Crippen molar-refractivity contribution in [2.45, 2.75) is 13.8 Å². The van der Waals surface area contributed by atoms with Crippen LogP contribution in [0, 0.1) is 5.92 Å². The number of imide groups is 1. The molecule has 1 saturated heterocycles. The van der Waals surface area contributed by atoms with Gasteiger partial charge in [-0.3, -0.25) is 19.4 Å². The maximum atomic E-state index is 12.5. The number of nitrogens with one attached hydrogen (secondary N) is 2. The van der Waals surface area contributed by atoms with Gasteiger partial charge in [0.25, 0.3) is 11.8 Å². The Kier molecular flexibility index (Phi) is 6.08. The quantitative estimate of drug-likeness (QED) is 0.735. The van der Waals surface area contributed by atoms with Crippen LogP contribution in [0.4, 0.5) is 10.5 Å². The number of ether oxygens (including phenoxy) is 1. The predicted octanol–water partition coefficient (Wildman–Crippen LogP) is 1.39. The molecule has 0 bridgehead atoms. The number of urea groups is 1. The summed E-state index contributed by atoms with van der Waals surface area (Å²) in [6, 6.07) is 4.47. The SMILES string of the molecule is CC(C)CN1C(=O)c2ccc(NC(=O)NCCN3CCOCC3)cc2C1=O. The van der Waals surface area contributed by atoms with Crippen molar-refractivity contribution in [1.29, 1.82) is 0 Å². The van der Waals surface area contributed by atoms with Crippen molar-refractivity contribution in [2.75, 3.05) is 51.3 Å². The lowest BCUT2D eigenvalue weighted by molar-refractivity contribution is 0.0388. The van der Waals surface area contributed by atoms with Crippen LogP contribution in [0.1, 0.15) is 34.6 Å². The van der Waals surface area contributed by atoms with Gasteiger partial charge in [0.1, 0.15) is 0 Å². The smallest absolute Gasteiger partial charge is 0.319 e. The second-order valence-corrected chi connectivity index (χ2v) is 7.21. The average molecular weight is 374 g/mol. The van der Waals surface area contributed by atoms with Gasteiger partial charge in [0.15, 0.2) is 0 Å². The maximum absolute atomic E-state index is 12.5. The van der Waals surface area contributed by atoms with E-state index in [1.165, 1.54) is 4.90 Å². The van der Waals surface area contributed by atoms with Gasteiger partial charge >= 0.3 is 6.03 Å². The third kappa shape index (κ3) is 4.64. The molecule has 2 aliphatic heterocycles. The molecule has 2 N–H and O–H groups in total. The lowest BCUT2D eigenvalue weighted by atomic mass is 10.1. The summed E-state index contributed by atoms with van der Waals surface area (Å²) in [5, 5.41) is 5.53. The van der Waals surface area contributed by atoms with Crippen LogP contribution in [0.15, 0.2) is 18.2 Å². The number of hydrogen-bond acceptors (Lipinski definition) is 5. The van der Waals surface area contributed by atoms with Gasteiger partial charge in [0.2, 0.25) is 0 Å². The zero-order valence-corrected chi connectivity index (χ0v) is 15.8. The molecule has 1 aromatic carbocycles. The van der Waals surface area contributed by atoms with E-state index < -0.39 is 0 Å². The Labute approximate surface area is 158 Å². The fraction of sp³-hybridized carbons (Fsp3) is 0.526. The molecule has 0 aromatic heterocycles. The largest absolute Gasteiger partial charge is 0.379 e. The number of carbonyl (C=O) groups excluding carboxylic acids is 3. The number of anilines is 1. The molecular weight excluding hydrogens is 348 g/mol. The molecule has 1 aromatic rings. The van der Waals surface area contributed by atoms with E-state index in [1.807, 2.05) is 13.8 Å². The molecule has 3 rings (SSSR count). The number of morpholine rings is 1. The summed E-state index contributed by atoms with van der Waals surface area (Å²) in [7, 11) is 0. The Balaban J connectivity index is 1.55. The molecule has 0 unspecified atom stereocenters. The Morgan fingerprint density at radius 2 is 1.85 bits per heavy atom. The van der Waals surface area contributed by atoms with Crippen molar-refractivity contribution in [1.82, 2.24) is 15.1 Å². The molecule has 0 atom stereocenters. The second kappa shape index (κ2) is 8.49. The van der Waals surface area contributed by atoms with Crippen molar-refractivity contribution in [2.24, 2.45) is 5.92 Å². The summed E-state index contributed by atoms with van der Waals surface area (Å²) < 4.78 is 5.29. The molecule has 8 heteroatoms. The molecule has 8 nitrogen and oxygen atoms in total. The monoisotopic (exact) mass is 374 g/mol. The molecular formula is C19H26N4O4. The van der Waals surface area contributed by atoms with Crippen LogP contribution in [0.3, 0.4) is 0 Å². The molecule has 2 aliphatic rings. The maximum Gasteiger partial charge on any atom is 0.319 e. The topological polar surface area (TPSA) is 91.0 Å². The lowest BCUT2D eigenvalue weighted by Gasteiger charge is -2.26. The Hall–Kier alpha value is -2.45. The number of carbonyl (C=O) groups is 3. The Morgan fingerprint density at radius 1 is 1.15 bits per heavy atom. The van der Waals surface area contributed by atoms with Crippen LogP contribution in [0.5, 0.6) is 0 Å². The highest BCUT2D eigenvalue weighted by Gasteiger charge is 2.35. The molecule has 0 aliphatic carbocycles. The van der Waals surface area contributed by atoms with Gasteiger partial charge in [-0.2, -0.15) is 0 Å². The minimum absolute atomic E-state index is 0.196. The van der Waals surface area contributed by atoms with E-state index >= 15 is 0 Å². The highest BCUT2D eigenvalue weighted by molar-refractivity contribution is 6.21. The summed E-state index contributed by atoms with van der Waals surface area (Å²) in [6.07, 6.45) is 0. The predicted molar refractivity (Wildman–Crippen MR) is 101 cm³/mol. The minimum atomic E-state index is -0.334. The minimum Gasteiger partial charge on any atom is -0.379 e. The van der Waals surface area contributed by atoms with E-state index in [2.05, 4.69) is 15.5 Å². The van der Waals surface area contributed by atoms with Crippen molar-refractivity contribution in [3.05, 3.63) is 29.3 Å². The molecule has 146 valence electrons. The van der Waals surface area contributed by atoms with Gasteiger partial charge in [-0.25, -0.2) is 4.79 Å². The van der Waals surface area contributed by atoms with Gasteiger partial charge < -0.3 is 15.4 Å².